The predicted octanol–water partition coefficient (Wildman–Crippen LogP) is 1.13. The fourth-order valence-corrected chi connectivity index (χ4v) is 3.35. The zero-order valence-electron chi connectivity index (χ0n) is 13.1. The van der Waals surface area contributed by atoms with Gasteiger partial charge >= 0.3 is 5.69 Å². The van der Waals surface area contributed by atoms with Crippen LogP contribution in [0.25, 0.3) is 11.4 Å². The molecule has 2 aliphatic rings. The largest absolute Gasteiger partial charge is 0.363 e. The third-order valence-electron chi connectivity index (χ3n) is 4.64. The fourth-order valence-electron chi connectivity index (χ4n) is 3.35. The Kier molecular flexibility index (Phi) is 3.23. The zero-order chi connectivity index (χ0) is 16.8. The van der Waals surface area contributed by atoms with E-state index in [1.807, 2.05) is 31.2 Å². The number of rotatable bonds is 2. The van der Waals surface area contributed by atoms with Crippen LogP contribution in [-0.4, -0.2) is 26.7 Å². The molecule has 2 aromatic rings. The minimum absolute atomic E-state index is 0.258. The van der Waals surface area contributed by atoms with Crippen LogP contribution >= 0.6 is 0 Å². The number of nitrogens with zero attached hydrogens (tertiary/aromatic N) is 3. The van der Waals surface area contributed by atoms with Gasteiger partial charge in [-0.15, -0.1) is 0 Å². The van der Waals surface area contributed by atoms with Crippen molar-refractivity contribution >= 4 is 11.8 Å². The third-order valence-corrected chi connectivity index (χ3v) is 4.64. The highest BCUT2D eigenvalue weighted by Gasteiger charge is 2.49. The van der Waals surface area contributed by atoms with Crippen molar-refractivity contribution in [1.82, 2.24) is 14.9 Å². The second kappa shape index (κ2) is 5.30. The van der Waals surface area contributed by atoms with Gasteiger partial charge in [0.2, 0.25) is 0 Å². The molecule has 4 rings (SSSR count). The van der Waals surface area contributed by atoms with Crippen LogP contribution in [0.2, 0.25) is 0 Å². The molecule has 7 nitrogen and oxygen atoms in total. The molecule has 1 aromatic heterocycles. The Morgan fingerprint density at radius 3 is 2.17 bits per heavy atom. The van der Waals surface area contributed by atoms with Gasteiger partial charge in [0.05, 0.1) is 11.8 Å². The number of aromatic nitrogens is 3. The number of nitrogens with one attached hydrogen (secondary N) is 1. The molecule has 24 heavy (non-hydrogen) atoms. The van der Waals surface area contributed by atoms with Gasteiger partial charge in [-0.05, 0) is 19.8 Å². The van der Waals surface area contributed by atoms with Gasteiger partial charge < -0.3 is 0 Å². The lowest BCUT2D eigenvalue weighted by atomic mass is 9.85. The average Bonchev–Trinajstić information content (AvgIpc) is 3.07. The summed E-state index contributed by atoms with van der Waals surface area (Å²) in [4.78, 5) is 37.7. The molecule has 1 saturated heterocycles. The summed E-state index contributed by atoms with van der Waals surface area (Å²) in [7, 11) is 0. The molecule has 0 bridgehead atoms. The third kappa shape index (κ3) is 2.05. The summed E-state index contributed by atoms with van der Waals surface area (Å²) >= 11 is 0. The Morgan fingerprint density at radius 1 is 1.00 bits per heavy atom. The molecular formula is C17H16N4O3. The van der Waals surface area contributed by atoms with Crippen LogP contribution in [0.3, 0.4) is 0 Å². The number of allylic oxidation sites excluding steroid dienone is 2. The number of aryl methyl sites for hydroxylation is 1. The maximum absolute atomic E-state index is 12.7. The summed E-state index contributed by atoms with van der Waals surface area (Å²) in [5, 5.41) is 7.32. The maximum atomic E-state index is 12.7. The van der Waals surface area contributed by atoms with Crippen LogP contribution in [0.5, 0.6) is 0 Å². The van der Waals surface area contributed by atoms with Gasteiger partial charge in [-0.1, -0.05) is 42.0 Å². The summed E-state index contributed by atoms with van der Waals surface area (Å²) in [5.74, 6) is -1.21. The van der Waals surface area contributed by atoms with E-state index >= 15 is 0 Å². The normalized spacial score (nSPS) is 23.0. The predicted molar refractivity (Wildman–Crippen MR) is 86.6 cm³/mol. The van der Waals surface area contributed by atoms with E-state index in [2.05, 4.69) is 10.2 Å². The molecule has 1 fully saturated rings. The quantitative estimate of drug-likeness (QED) is 0.662. The fraction of sp³-hybridized carbons (Fsp3) is 0.294. The molecule has 1 aliphatic heterocycles. The molecule has 2 atom stereocenters. The van der Waals surface area contributed by atoms with Gasteiger partial charge in [-0.25, -0.2) is 9.89 Å². The van der Waals surface area contributed by atoms with Gasteiger partial charge in [-0.2, -0.15) is 14.8 Å². The standard InChI is InChI=1S/C17H16N4O3/c1-10-6-8-11(9-7-10)14-18-19-17(24)20(14)21-15(22)12-4-2-3-5-13(12)16(21)23/h2-3,6-9,12-13H,4-5H2,1H3,(H,19,24). The number of hydrogen-bond acceptors (Lipinski definition) is 4. The van der Waals surface area contributed by atoms with Gasteiger partial charge in [0.25, 0.3) is 11.8 Å². The number of fused-ring (bicyclic) bond motifs is 1. The van der Waals surface area contributed by atoms with Crippen LogP contribution < -0.4 is 10.7 Å². The van der Waals surface area contributed by atoms with Crippen LogP contribution in [0, 0.1) is 18.8 Å². The minimum atomic E-state index is -0.598. The lowest BCUT2D eigenvalue weighted by Crippen LogP contribution is -2.46. The second-order valence-electron chi connectivity index (χ2n) is 6.17. The van der Waals surface area contributed by atoms with E-state index in [4.69, 9.17) is 0 Å². The molecule has 1 N–H and O–H groups in total. The monoisotopic (exact) mass is 324 g/mol. The second-order valence-corrected chi connectivity index (χ2v) is 6.17. The molecule has 2 unspecified atom stereocenters. The molecule has 122 valence electrons. The number of benzene rings is 1. The molecule has 7 heteroatoms. The first-order chi connectivity index (χ1) is 11.6. The van der Waals surface area contributed by atoms with Crippen molar-refractivity contribution in [2.75, 3.05) is 5.01 Å². The zero-order valence-corrected chi connectivity index (χ0v) is 13.1. The van der Waals surface area contributed by atoms with Crippen LogP contribution in [0.15, 0.2) is 41.2 Å². The molecular weight excluding hydrogens is 308 g/mol. The van der Waals surface area contributed by atoms with Crippen molar-refractivity contribution in [1.29, 1.82) is 0 Å². The van der Waals surface area contributed by atoms with Crippen molar-refractivity contribution in [2.24, 2.45) is 11.8 Å². The Bertz CT molecular complexity index is 881. The van der Waals surface area contributed by atoms with Gasteiger partial charge in [0.15, 0.2) is 5.82 Å². The van der Waals surface area contributed by atoms with Crippen LogP contribution in [-0.2, 0) is 9.59 Å². The molecule has 0 saturated carbocycles. The van der Waals surface area contributed by atoms with Gasteiger partial charge in [0, 0.05) is 5.56 Å². The summed E-state index contributed by atoms with van der Waals surface area (Å²) < 4.78 is 1.06. The number of H-pyrrole nitrogens is 1. The number of carbonyl (C=O) groups is 2. The average molecular weight is 324 g/mol. The molecule has 1 aliphatic carbocycles. The first kappa shape index (κ1) is 14.6. The molecule has 0 spiro atoms. The molecule has 2 amide bonds. The molecule has 0 radical (unpaired) electrons. The van der Waals surface area contributed by atoms with E-state index in [0.717, 1.165) is 15.2 Å². The smallest absolute Gasteiger partial charge is 0.272 e. The summed E-state index contributed by atoms with van der Waals surface area (Å²) in [6.07, 6.45) is 4.88. The summed E-state index contributed by atoms with van der Waals surface area (Å²) in [5.41, 5.74) is 1.13. The highest BCUT2D eigenvalue weighted by Crippen LogP contribution is 2.34. The Hall–Kier alpha value is -2.96. The van der Waals surface area contributed by atoms with E-state index in [1.54, 1.807) is 12.1 Å². The van der Waals surface area contributed by atoms with Crippen LogP contribution in [0.1, 0.15) is 18.4 Å². The van der Waals surface area contributed by atoms with Crippen molar-refractivity contribution < 1.29 is 9.59 Å². The summed E-state index contributed by atoms with van der Waals surface area (Å²) in [6, 6.07) is 7.38. The van der Waals surface area contributed by atoms with Crippen molar-refractivity contribution in [3.8, 4) is 11.4 Å². The van der Waals surface area contributed by atoms with E-state index in [9.17, 15) is 14.4 Å². The number of hydrogen-bond donors (Lipinski definition) is 1. The van der Waals surface area contributed by atoms with E-state index < -0.39 is 17.5 Å². The van der Waals surface area contributed by atoms with Gasteiger partial charge in [0.1, 0.15) is 0 Å². The molecule has 1 aromatic carbocycles. The Balaban J connectivity index is 1.82. The van der Waals surface area contributed by atoms with E-state index in [-0.39, 0.29) is 17.6 Å². The van der Waals surface area contributed by atoms with Crippen LogP contribution in [0.4, 0.5) is 0 Å². The lowest BCUT2D eigenvalue weighted by Gasteiger charge is -2.16. The number of carbonyl (C=O) groups excluding carboxylic acids is 2. The van der Waals surface area contributed by atoms with Crippen molar-refractivity contribution in [2.45, 2.75) is 19.8 Å². The number of aromatic amines is 1. The Morgan fingerprint density at radius 2 is 1.58 bits per heavy atom. The highest BCUT2D eigenvalue weighted by molar-refractivity contribution is 6.17. The number of imide groups is 1. The van der Waals surface area contributed by atoms with Gasteiger partial charge in [-0.3, -0.25) is 9.59 Å². The summed E-state index contributed by atoms with van der Waals surface area (Å²) in [6.45, 7) is 1.95. The first-order valence-corrected chi connectivity index (χ1v) is 7.85. The topological polar surface area (TPSA) is 88.1 Å². The maximum Gasteiger partial charge on any atom is 0.363 e. The van der Waals surface area contributed by atoms with E-state index in [1.165, 1.54) is 0 Å². The minimum Gasteiger partial charge on any atom is -0.272 e. The van der Waals surface area contributed by atoms with Crippen molar-refractivity contribution in [3.63, 3.8) is 0 Å². The highest BCUT2D eigenvalue weighted by atomic mass is 16.2. The lowest BCUT2D eigenvalue weighted by molar-refractivity contribution is -0.124. The SMILES string of the molecule is Cc1ccc(-c2n[nH]c(=O)n2N2C(=O)C3CC=CCC3C2=O)cc1. The van der Waals surface area contributed by atoms with E-state index in [0.29, 0.717) is 18.4 Å². The van der Waals surface area contributed by atoms with Crippen molar-refractivity contribution in [3.05, 3.63) is 52.5 Å². The molecule has 2 heterocycles. The Labute approximate surface area is 137 Å². The first-order valence-electron chi connectivity index (χ1n) is 7.85. The number of amides is 2.